The molecule has 1 N–H and O–H groups in total. The van der Waals surface area contributed by atoms with Crippen LogP contribution in [0.5, 0.6) is 0 Å². The summed E-state index contributed by atoms with van der Waals surface area (Å²) < 4.78 is 1.17. The van der Waals surface area contributed by atoms with Crippen LogP contribution in [0.25, 0.3) is 17.5 Å². The van der Waals surface area contributed by atoms with Gasteiger partial charge in [0.1, 0.15) is 0 Å². The van der Waals surface area contributed by atoms with E-state index in [2.05, 4.69) is 20.4 Å². The highest BCUT2D eigenvalue weighted by Crippen LogP contribution is 2.18. The SMILES string of the molecule is O=C(C=Cc1cccc([N+](=O)[O-])c1)n1nc(-c2cccnc2)nc1NCc1ccccc1. The number of aromatic nitrogens is 4. The zero-order chi connectivity index (χ0) is 22.3. The fraction of sp³-hybridized carbons (Fsp3) is 0.0435. The molecule has 0 fully saturated rings. The number of nitro groups is 1. The largest absolute Gasteiger partial charge is 0.350 e. The molecule has 4 aromatic rings. The van der Waals surface area contributed by atoms with Gasteiger partial charge in [0.05, 0.1) is 4.92 Å². The molecule has 0 aliphatic rings. The van der Waals surface area contributed by atoms with Crippen molar-refractivity contribution in [2.75, 3.05) is 5.32 Å². The second kappa shape index (κ2) is 9.43. The molecule has 0 saturated heterocycles. The molecule has 9 heteroatoms. The molecule has 4 rings (SSSR count). The van der Waals surface area contributed by atoms with E-state index in [-0.39, 0.29) is 11.6 Å². The molecule has 0 aliphatic heterocycles. The third-order valence-corrected chi connectivity index (χ3v) is 4.53. The number of hydrogen-bond donors (Lipinski definition) is 1. The Morgan fingerprint density at radius 2 is 1.94 bits per heavy atom. The lowest BCUT2D eigenvalue weighted by molar-refractivity contribution is -0.384. The molecule has 0 spiro atoms. The number of rotatable bonds is 7. The predicted molar refractivity (Wildman–Crippen MR) is 120 cm³/mol. The maximum Gasteiger partial charge on any atom is 0.274 e. The smallest absolute Gasteiger partial charge is 0.274 e. The first kappa shape index (κ1) is 20.6. The van der Waals surface area contributed by atoms with E-state index >= 15 is 0 Å². The van der Waals surface area contributed by atoms with E-state index in [1.165, 1.54) is 29.0 Å². The minimum absolute atomic E-state index is 0.0514. The Morgan fingerprint density at radius 3 is 2.69 bits per heavy atom. The van der Waals surface area contributed by atoms with E-state index in [9.17, 15) is 14.9 Å². The van der Waals surface area contributed by atoms with Gasteiger partial charge in [0, 0.05) is 42.7 Å². The van der Waals surface area contributed by atoms with Crippen LogP contribution in [0.4, 0.5) is 11.6 Å². The maximum absolute atomic E-state index is 12.9. The Balaban J connectivity index is 1.61. The highest BCUT2D eigenvalue weighted by atomic mass is 16.6. The summed E-state index contributed by atoms with van der Waals surface area (Å²) in [6, 6.07) is 19.3. The van der Waals surface area contributed by atoms with Crippen molar-refractivity contribution in [1.29, 1.82) is 0 Å². The Labute approximate surface area is 183 Å². The quantitative estimate of drug-likeness (QED) is 0.267. The molecule has 0 radical (unpaired) electrons. The summed E-state index contributed by atoms with van der Waals surface area (Å²) in [6.07, 6.45) is 6.06. The number of benzene rings is 2. The van der Waals surface area contributed by atoms with Crippen molar-refractivity contribution >= 4 is 23.6 Å². The molecule has 158 valence electrons. The minimum atomic E-state index is -0.484. The van der Waals surface area contributed by atoms with Gasteiger partial charge >= 0.3 is 0 Å². The summed E-state index contributed by atoms with van der Waals surface area (Å²) in [5.74, 6) is 0.182. The normalized spacial score (nSPS) is 10.9. The number of anilines is 1. The molecule has 0 aliphatic carbocycles. The van der Waals surface area contributed by atoms with Crippen LogP contribution in [0.1, 0.15) is 15.9 Å². The first-order valence-corrected chi connectivity index (χ1v) is 9.72. The summed E-state index contributed by atoms with van der Waals surface area (Å²) in [5, 5.41) is 18.5. The van der Waals surface area contributed by atoms with Crippen LogP contribution in [-0.4, -0.2) is 30.6 Å². The van der Waals surface area contributed by atoms with E-state index in [1.807, 2.05) is 30.3 Å². The Bertz CT molecular complexity index is 1270. The molecule has 32 heavy (non-hydrogen) atoms. The molecule has 0 saturated carbocycles. The molecule has 2 aromatic heterocycles. The molecule has 0 atom stereocenters. The fourth-order valence-corrected chi connectivity index (χ4v) is 2.95. The van der Waals surface area contributed by atoms with Gasteiger partial charge in [-0.1, -0.05) is 42.5 Å². The minimum Gasteiger partial charge on any atom is -0.350 e. The van der Waals surface area contributed by atoms with Gasteiger partial charge in [0.25, 0.3) is 11.6 Å². The van der Waals surface area contributed by atoms with Gasteiger partial charge < -0.3 is 5.32 Å². The van der Waals surface area contributed by atoms with Crippen LogP contribution < -0.4 is 5.32 Å². The summed E-state index contributed by atoms with van der Waals surface area (Å²) in [7, 11) is 0. The topological polar surface area (TPSA) is 116 Å². The highest BCUT2D eigenvalue weighted by Gasteiger charge is 2.16. The lowest BCUT2D eigenvalue weighted by Gasteiger charge is -2.05. The van der Waals surface area contributed by atoms with Crippen LogP contribution in [0.15, 0.2) is 85.2 Å². The molecular weight excluding hydrogens is 408 g/mol. The Hall–Kier alpha value is -4.66. The number of nitrogens with one attached hydrogen (secondary N) is 1. The standard InChI is InChI=1S/C23H18N6O3/c30-21(12-11-17-8-4-10-20(14-17)29(31)32)28-23(25-15-18-6-2-1-3-7-18)26-22(27-28)19-9-5-13-24-16-19/h1-14,16H,15H2,(H,25,26,27). The lowest BCUT2D eigenvalue weighted by Crippen LogP contribution is -2.14. The number of carbonyl (C=O) groups is 1. The third-order valence-electron chi connectivity index (χ3n) is 4.53. The summed E-state index contributed by atoms with van der Waals surface area (Å²) in [5.41, 5.74) is 2.16. The van der Waals surface area contributed by atoms with Gasteiger partial charge in [-0.3, -0.25) is 19.9 Å². The summed E-state index contributed by atoms with van der Waals surface area (Å²) in [4.78, 5) is 31.9. The van der Waals surface area contributed by atoms with E-state index in [4.69, 9.17) is 0 Å². The molecule has 0 amide bonds. The highest BCUT2D eigenvalue weighted by molar-refractivity contribution is 5.95. The van der Waals surface area contributed by atoms with E-state index in [0.717, 1.165) is 5.56 Å². The Morgan fingerprint density at radius 1 is 1.09 bits per heavy atom. The van der Waals surface area contributed by atoms with Crippen LogP contribution in [0.2, 0.25) is 0 Å². The first-order valence-electron chi connectivity index (χ1n) is 9.72. The van der Waals surface area contributed by atoms with Crippen molar-refractivity contribution < 1.29 is 9.72 Å². The van der Waals surface area contributed by atoms with Crippen LogP contribution >= 0.6 is 0 Å². The van der Waals surface area contributed by atoms with Gasteiger partial charge in [-0.05, 0) is 29.3 Å². The number of non-ortho nitro benzene ring substituents is 1. The van der Waals surface area contributed by atoms with Crippen molar-refractivity contribution in [2.24, 2.45) is 0 Å². The number of pyridine rings is 1. The van der Waals surface area contributed by atoms with Crippen LogP contribution in [0.3, 0.4) is 0 Å². The van der Waals surface area contributed by atoms with Crippen molar-refractivity contribution in [3.05, 3.63) is 106 Å². The second-order valence-corrected chi connectivity index (χ2v) is 6.78. The van der Waals surface area contributed by atoms with Gasteiger partial charge in [-0.15, -0.1) is 5.10 Å². The lowest BCUT2D eigenvalue weighted by atomic mass is 10.2. The number of hydrogen-bond acceptors (Lipinski definition) is 7. The van der Waals surface area contributed by atoms with Crippen LogP contribution in [-0.2, 0) is 6.54 Å². The third kappa shape index (κ3) is 4.90. The monoisotopic (exact) mass is 426 g/mol. The molecule has 2 aromatic carbocycles. The average Bonchev–Trinajstić information content (AvgIpc) is 3.27. The summed E-state index contributed by atoms with van der Waals surface area (Å²) >= 11 is 0. The number of nitrogens with zero attached hydrogens (tertiary/aromatic N) is 5. The predicted octanol–water partition coefficient (Wildman–Crippen LogP) is 4.21. The van der Waals surface area contributed by atoms with Crippen molar-refractivity contribution in [3.63, 3.8) is 0 Å². The molecule has 0 bridgehead atoms. The number of nitro benzene ring substituents is 1. The van der Waals surface area contributed by atoms with E-state index < -0.39 is 10.8 Å². The fourth-order valence-electron chi connectivity index (χ4n) is 2.95. The summed E-state index contributed by atoms with van der Waals surface area (Å²) in [6.45, 7) is 0.452. The van der Waals surface area contributed by atoms with Crippen molar-refractivity contribution in [2.45, 2.75) is 6.54 Å². The van der Waals surface area contributed by atoms with Gasteiger partial charge in [0.2, 0.25) is 5.95 Å². The maximum atomic E-state index is 12.9. The number of allylic oxidation sites excluding steroid dienone is 1. The van der Waals surface area contributed by atoms with Crippen LogP contribution in [0, 0.1) is 10.1 Å². The Kier molecular flexibility index (Phi) is 6.08. The van der Waals surface area contributed by atoms with Crippen molar-refractivity contribution in [3.8, 4) is 11.4 Å². The van der Waals surface area contributed by atoms with E-state index in [0.29, 0.717) is 23.5 Å². The van der Waals surface area contributed by atoms with Crippen molar-refractivity contribution in [1.82, 2.24) is 19.7 Å². The average molecular weight is 426 g/mol. The molecule has 0 unspecified atom stereocenters. The molecule has 9 nitrogen and oxygen atoms in total. The second-order valence-electron chi connectivity index (χ2n) is 6.78. The van der Waals surface area contributed by atoms with Gasteiger partial charge in [-0.2, -0.15) is 9.67 Å². The number of carbonyl (C=O) groups excluding carboxylic acids is 1. The van der Waals surface area contributed by atoms with Gasteiger partial charge in [0.15, 0.2) is 5.82 Å². The zero-order valence-corrected chi connectivity index (χ0v) is 16.8. The van der Waals surface area contributed by atoms with Gasteiger partial charge in [-0.25, -0.2) is 0 Å². The first-order chi connectivity index (χ1) is 15.6. The van der Waals surface area contributed by atoms with E-state index in [1.54, 1.807) is 36.7 Å². The molecule has 2 heterocycles. The zero-order valence-electron chi connectivity index (χ0n) is 16.8. The molecular formula is C23H18N6O3.